The van der Waals surface area contributed by atoms with Gasteiger partial charge in [-0.05, 0) is 30.5 Å². The molecule has 0 radical (unpaired) electrons. The van der Waals surface area contributed by atoms with Crippen LogP contribution < -0.4 is 4.90 Å². The molecule has 2 aliphatic rings. The zero-order valence-corrected chi connectivity index (χ0v) is 18.3. The Bertz CT molecular complexity index is 1010. The minimum absolute atomic E-state index is 0.0150. The molecule has 1 aliphatic carbocycles. The molecule has 1 aliphatic heterocycles. The number of anilines is 1. The van der Waals surface area contributed by atoms with Crippen molar-refractivity contribution < 1.29 is 3.07 Å². The first-order valence-electron chi connectivity index (χ1n) is 9.89. The second kappa shape index (κ2) is 7.56. The third kappa shape index (κ3) is 3.28. The van der Waals surface area contributed by atoms with Crippen LogP contribution in [0.15, 0.2) is 61.1 Å². The van der Waals surface area contributed by atoms with Crippen LogP contribution in [0, 0.1) is 0 Å². The molecule has 0 amide bonds. The fourth-order valence-corrected chi connectivity index (χ4v) is 4.93. The van der Waals surface area contributed by atoms with E-state index in [-0.39, 0.29) is 5.41 Å². The smallest absolute Gasteiger partial charge is 0.177 e. The Morgan fingerprint density at radius 1 is 1.07 bits per heavy atom. The number of halogens is 1. The number of hydrogen-bond donors (Lipinski definition) is 0. The lowest BCUT2D eigenvalue weighted by Crippen LogP contribution is -2.54. The summed E-state index contributed by atoms with van der Waals surface area (Å²) in [6, 6.07) is 14.7. The zero-order chi connectivity index (χ0) is 19.8. The van der Waals surface area contributed by atoms with Gasteiger partial charge in [0, 0.05) is 37.3 Å². The fraction of sp³-hybridized carbons (Fsp3) is 0.381. The molecule has 150 valence electrons. The topological polar surface area (TPSA) is 58.8 Å². The number of fused-ring (bicyclic) bond motifs is 1. The van der Waals surface area contributed by atoms with E-state index in [0.717, 1.165) is 50.5 Å². The lowest BCUT2D eigenvalue weighted by molar-refractivity contribution is 0.0728. The molecule has 3 heterocycles. The van der Waals surface area contributed by atoms with Crippen molar-refractivity contribution in [3.05, 3.63) is 66.6 Å². The molecule has 0 N–H and O–H groups in total. The standard InChI is InChI=1S/C21H23IN6O/c1-16(21(13-18(14-21)29-22)17-5-3-2-4-6-17)26-9-11-27(12-10-26)20-8-7-19-24-23-15-28(19)25-20/h2-8,15,18H,1,9-14H2. The first kappa shape index (κ1) is 18.8. The van der Waals surface area contributed by atoms with Gasteiger partial charge in [0.15, 0.2) is 5.65 Å². The molecule has 0 atom stereocenters. The van der Waals surface area contributed by atoms with Gasteiger partial charge in [0.05, 0.1) is 6.10 Å². The lowest BCUT2D eigenvalue weighted by Gasteiger charge is -2.52. The second-order valence-electron chi connectivity index (χ2n) is 7.81. The molecule has 2 fully saturated rings. The van der Waals surface area contributed by atoms with Gasteiger partial charge in [-0.1, -0.05) is 36.9 Å². The predicted molar refractivity (Wildman–Crippen MR) is 120 cm³/mol. The van der Waals surface area contributed by atoms with Crippen LogP contribution in [0.1, 0.15) is 18.4 Å². The van der Waals surface area contributed by atoms with E-state index in [9.17, 15) is 0 Å². The molecule has 5 rings (SSSR count). The van der Waals surface area contributed by atoms with E-state index in [1.54, 1.807) is 10.8 Å². The number of hydrogen-bond acceptors (Lipinski definition) is 6. The Balaban J connectivity index is 1.31. The molecular formula is C21H23IN6O. The largest absolute Gasteiger partial charge is 0.371 e. The van der Waals surface area contributed by atoms with Gasteiger partial charge in [0.1, 0.15) is 35.2 Å². The molecule has 2 aromatic heterocycles. The van der Waals surface area contributed by atoms with Crippen LogP contribution in [0.4, 0.5) is 5.82 Å². The van der Waals surface area contributed by atoms with Gasteiger partial charge in [0.2, 0.25) is 0 Å². The van der Waals surface area contributed by atoms with Gasteiger partial charge in [0.25, 0.3) is 0 Å². The average Bonchev–Trinajstić information content (AvgIpc) is 3.22. The third-order valence-corrected chi connectivity index (χ3v) is 7.01. The van der Waals surface area contributed by atoms with Crippen LogP contribution in [0.3, 0.4) is 0 Å². The summed E-state index contributed by atoms with van der Waals surface area (Å²) < 4.78 is 7.31. The van der Waals surface area contributed by atoms with Crippen molar-refractivity contribution in [2.24, 2.45) is 0 Å². The maximum atomic E-state index is 5.59. The van der Waals surface area contributed by atoms with E-state index < -0.39 is 0 Å². The van der Waals surface area contributed by atoms with Gasteiger partial charge < -0.3 is 12.9 Å². The molecule has 1 saturated carbocycles. The van der Waals surface area contributed by atoms with Gasteiger partial charge >= 0.3 is 0 Å². The Morgan fingerprint density at radius 3 is 2.55 bits per heavy atom. The number of nitrogens with zero attached hydrogens (tertiary/aromatic N) is 6. The highest BCUT2D eigenvalue weighted by molar-refractivity contribution is 14.1. The second-order valence-corrected chi connectivity index (χ2v) is 8.32. The average molecular weight is 502 g/mol. The van der Waals surface area contributed by atoms with E-state index in [1.807, 2.05) is 35.1 Å². The quantitative estimate of drug-likeness (QED) is 0.500. The summed E-state index contributed by atoms with van der Waals surface area (Å²) in [5, 5.41) is 12.6. The van der Waals surface area contributed by atoms with E-state index in [2.05, 4.69) is 62.0 Å². The number of aromatic nitrogens is 4. The predicted octanol–water partition coefficient (Wildman–Crippen LogP) is 3.23. The highest BCUT2D eigenvalue weighted by Gasteiger charge is 2.50. The SMILES string of the molecule is C=C(N1CCN(c2ccc3nncn3n2)CC1)C1(c2ccccc2)CC(OI)C1. The zero-order valence-electron chi connectivity index (χ0n) is 16.1. The Kier molecular flexibility index (Phi) is 4.91. The molecule has 0 spiro atoms. The molecule has 1 saturated heterocycles. The van der Waals surface area contributed by atoms with Gasteiger partial charge in [-0.15, -0.1) is 15.3 Å². The molecule has 7 nitrogen and oxygen atoms in total. The summed E-state index contributed by atoms with van der Waals surface area (Å²) in [6.45, 7) is 8.26. The van der Waals surface area contributed by atoms with E-state index in [0.29, 0.717) is 6.10 Å². The molecule has 29 heavy (non-hydrogen) atoms. The van der Waals surface area contributed by atoms with Crippen LogP contribution in [0.25, 0.3) is 5.65 Å². The first-order chi connectivity index (χ1) is 14.2. The van der Waals surface area contributed by atoms with Crippen molar-refractivity contribution in [3.8, 4) is 0 Å². The van der Waals surface area contributed by atoms with Crippen LogP contribution in [-0.2, 0) is 8.48 Å². The van der Waals surface area contributed by atoms with E-state index in [1.165, 1.54) is 11.3 Å². The summed E-state index contributed by atoms with van der Waals surface area (Å²) in [6.07, 6.45) is 3.92. The van der Waals surface area contributed by atoms with Gasteiger partial charge in [-0.3, -0.25) is 0 Å². The molecular weight excluding hydrogens is 479 g/mol. The van der Waals surface area contributed by atoms with Crippen LogP contribution in [-0.4, -0.2) is 57.0 Å². The normalized spacial score (nSPS) is 24.5. The summed E-state index contributed by atoms with van der Waals surface area (Å²) in [7, 11) is 0. The fourth-order valence-electron chi connectivity index (χ4n) is 4.57. The van der Waals surface area contributed by atoms with Crippen LogP contribution in [0.2, 0.25) is 0 Å². The van der Waals surface area contributed by atoms with Crippen molar-refractivity contribution in [3.63, 3.8) is 0 Å². The molecule has 0 bridgehead atoms. The molecule has 8 heteroatoms. The van der Waals surface area contributed by atoms with Gasteiger partial charge in [-0.25, -0.2) is 0 Å². The number of piperazine rings is 1. The van der Waals surface area contributed by atoms with Crippen molar-refractivity contribution >= 4 is 34.5 Å². The highest BCUT2D eigenvalue weighted by Crippen LogP contribution is 2.51. The number of rotatable bonds is 5. The lowest BCUT2D eigenvalue weighted by atomic mass is 9.60. The Hall–Kier alpha value is -2.20. The maximum Gasteiger partial charge on any atom is 0.177 e. The summed E-state index contributed by atoms with van der Waals surface area (Å²) in [5.41, 5.74) is 3.31. The van der Waals surface area contributed by atoms with Crippen molar-refractivity contribution in [1.29, 1.82) is 0 Å². The number of benzene rings is 1. The monoisotopic (exact) mass is 502 g/mol. The van der Waals surface area contributed by atoms with Crippen molar-refractivity contribution in [1.82, 2.24) is 24.7 Å². The van der Waals surface area contributed by atoms with Crippen LogP contribution in [0.5, 0.6) is 0 Å². The third-order valence-electron chi connectivity index (χ3n) is 6.29. The van der Waals surface area contributed by atoms with Crippen LogP contribution >= 0.6 is 23.0 Å². The highest BCUT2D eigenvalue weighted by atomic mass is 127. The minimum Gasteiger partial charge on any atom is -0.371 e. The van der Waals surface area contributed by atoms with Crippen molar-refractivity contribution in [2.75, 3.05) is 31.1 Å². The summed E-state index contributed by atoms with van der Waals surface area (Å²) >= 11 is 2.03. The Labute approximate surface area is 184 Å². The Morgan fingerprint density at radius 2 is 1.83 bits per heavy atom. The molecule has 3 aromatic rings. The number of allylic oxidation sites excluding steroid dienone is 1. The summed E-state index contributed by atoms with van der Waals surface area (Å²) in [4.78, 5) is 4.76. The van der Waals surface area contributed by atoms with E-state index >= 15 is 0 Å². The van der Waals surface area contributed by atoms with Crippen molar-refractivity contribution in [2.45, 2.75) is 24.4 Å². The van der Waals surface area contributed by atoms with Gasteiger partial charge in [-0.2, -0.15) is 4.52 Å². The molecule has 1 aromatic carbocycles. The minimum atomic E-state index is -0.0150. The first-order valence-corrected chi connectivity index (χ1v) is 10.8. The molecule has 0 unspecified atom stereocenters. The summed E-state index contributed by atoms with van der Waals surface area (Å²) in [5.74, 6) is 0.961. The maximum absolute atomic E-state index is 5.59. The van der Waals surface area contributed by atoms with E-state index in [4.69, 9.17) is 3.07 Å².